The summed E-state index contributed by atoms with van der Waals surface area (Å²) in [5.41, 5.74) is 1.43. The van der Waals surface area contributed by atoms with Crippen LogP contribution in [0.3, 0.4) is 0 Å². The van der Waals surface area contributed by atoms with E-state index in [-0.39, 0.29) is 0 Å². The maximum Gasteiger partial charge on any atom is 0.328 e. The van der Waals surface area contributed by atoms with Crippen LogP contribution in [-0.2, 0) is 4.79 Å². The zero-order valence-electron chi connectivity index (χ0n) is 9.39. The number of aromatic nitrogens is 3. The highest BCUT2D eigenvalue weighted by atomic mass is 16.4. The molecule has 2 aromatic rings. The Bertz CT molecular complexity index is 510. The van der Waals surface area contributed by atoms with Gasteiger partial charge in [-0.3, -0.25) is 0 Å². The molecule has 0 bridgehead atoms. The number of hydrogen-bond donors (Lipinski definition) is 3. The van der Waals surface area contributed by atoms with Gasteiger partial charge in [0.15, 0.2) is 0 Å². The summed E-state index contributed by atoms with van der Waals surface area (Å²) in [6.07, 6.45) is 2.99. The van der Waals surface area contributed by atoms with Gasteiger partial charge in [0.25, 0.3) is 0 Å². The monoisotopic (exact) mass is 248 g/mol. The number of aliphatic hydroxyl groups is 1. The van der Waals surface area contributed by atoms with Crippen molar-refractivity contribution in [2.45, 2.75) is 6.04 Å². The van der Waals surface area contributed by atoms with Crippen LogP contribution in [0.1, 0.15) is 0 Å². The fourth-order valence-corrected chi connectivity index (χ4v) is 1.44. The summed E-state index contributed by atoms with van der Waals surface area (Å²) in [6.45, 7) is -0.472. The summed E-state index contributed by atoms with van der Waals surface area (Å²) >= 11 is 0. The van der Waals surface area contributed by atoms with E-state index < -0.39 is 18.6 Å². The standard InChI is InChI=1S/C11H12N4O3/c16-5-10(11(17)18)14-8-1-3-9(4-2-8)15-7-12-6-13-15/h1-4,6-7,10,14,16H,5H2,(H,17,18). The summed E-state index contributed by atoms with van der Waals surface area (Å²) in [6, 6.07) is 5.95. The minimum Gasteiger partial charge on any atom is -0.480 e. The maximum atomic E-state index is 10.7. The third kappa shape index (κ3) is 2.64. The molecule has 7 heteroatoms. The smallest absolute Gasteiger partial charge is 0.328 e. The second-order valence-corrected chi connectivity index (χ2v) is 3.60. The molecule has 94 valence electrons. The molecule has 2 rings (SSSR count). The molecule has 1 atom stereocenters. The van der Waals surface area contributed by atoms with E-state index >= 15 is 0 Å². The van der Waals surface area contributed by atoms with Gasteiger partial charge in [-0.15, -0.1) is 0 Å². The second kappa shape index (κ2) is 5.28. The minimum atomic E-state index is -1.10. The highest BCUT2D eigenvalue weighted by Crippen LogP contribution is 2.13. The van der Waals surface area contributed by atoms with E-state index in [1.165, 1.54) is 6.33 Å². The molecule has 3 N–H and O–H groups in total. The van der Waals surface area contributed by atoms with Crippen molar-refractivity contribution in [2.24, 2.45) is 0 Å². The van der Waals surface area contributed by atoms with Crippen molar-refractivity contribution in [3.8, 4) is 5.69 Å². The molecule has 0 spiro atoms. The predicted molar refractivity (Wildman–Crippen MR) is 63.5 cm³/mol. The van der Waals surface area contributed by atoms with E-state index in [4.69, 9.17) is 10.2 Å². The lowest BCUT2D eigenvalue weighted by Gasteiger charge is -2.13. The van der Waals surface area contributed by atoms with Gasteiger partial charge in [0.1, 0.15) is 18.7 Å². The van der Waals surface area contributed by atoms with Gasteiger partial charge in [0, 0.05) is 5.69 Å². The highest BCUT2D eigenvalue weighted by Gasteiger charge is 2.15. The molecular weight excluding hydrogens is 236 g/mol. The molecule has 0 aliphatic carbocycles. The quantitative estimate of drug-likeness (QED) is 0.695. The van der Waals surface area contributed by atoms with E-state index in [0.29, 0.717) is 5.69 Å². The molecule has 18 heavy (non-hydrogen) atoms. The van der Waals surface area contributed by atoms with Crippen molar-refractivity contribution in [1.82, 2.24) is 14.8 Å². The summed E-state index contributed by atoms with van der Waals surface area (Å²) in [7, 11) is 0. The van der Waals surface area contributed by atoms with Gasteiger partial charge < -0.3 is 15.5 Å². The van der Waals surface area contributed by atoms with Crippen LogP contribution >= 0.6 is 0 Å². The van der Waals surface area contributed by atoms with Crippen molar-refractivity contribution in [2.75, 3.05) is 11.9 Å². The van der Waals surface area contributed by atoms with Gasteiger partial charge in [0.05, 0.1) is 12.3 Å². The summed E-state index contributed by atoms with van der Waals surface area (Å²) < 4.78 is 1.59. The van der Waals surface area contributed by atoms with Crippen molar-refractivity contribution in [1.29, 1.82) is 0 Å². The Morgan fingerprint density at radius 3 is 2.61 bits per heavy atom. The molecule has 1 heterocycles. The highest BCUT2D eigenvalue weighted by molar-refractivity contribution is 5.77. The second-order valence-electron chi connectivity index (χ2n) is 3.60. The van der Waals surface area contributed by atoms with Crippen LogP contribution in [-0.4, -0.2) is 43.6 Å². The van der Waals surface area contributed by atoms with Crippen LogP contribution in [0, 0.1) is 0 Å². The SMILES string of the molecule is O=C(O)C(CO)Nc1ccc(-n2cncn2)cc1. The van der Waals surface area contributed by atoms with Crippen LogP contribution in [0.5, 0.6) is 0 Å². The van der Waals surface area contributed by atoms with Gasteiger partial charge >= 0.3 is 5.97 Å². The molecule has 0 aliphatic rings. The Labute approximate surface area is 103 Å². The van der Waals surface area contributed by atoms with Crippen LogP contribution in [0.25, 0.3) is 5.69 Å². The summed E-state index contributed by atoms with van der Waals surface area (Å²) in [4.78, 5) is 14.6. The molecule has 1 aromatic heterocycles. The maximum absolute atomic E-state index is 10.7. The number of aliphatic hydroxyl groups excluding tert-OH is 1. The van der Waals surface area contributed by atoms with Crippen LogP contribution in [0.4, 0.5) is 5.69 Å². The van der Waals surface area contributed by atoms with E-state index in [2.05, 4.69) is 15.4 Å². The zero-order valence-corrected chi connectivity index (χ0v) is 9.39. The number of rotatable bonds is 5. The average Bonchev–Trinajstić information content (AvgIpc) is 2.90. The Morgan fingerprint density at radius 2 is 2.11 bits per heavy atom. The number of carboxylic acids is 1. The lowest BCUT2D eigenvalue weighted by molar-refractivity contribution is -0.138. The van der Waals surface area contributed by atoms with Crippen molar-refractivity contribution < 1.29 is 15.0 Å². The number of benzene rings is 1. The molecule has 0 saturated carbocycles. The molecule has 7 nitrogen and oxygen atoms in total. The first kappa shape index (κ1) is 12.1. The lowest BCUT2D eigenvalue weighted by atomic mass is 10.2. The minimum absolute atomic E-state index is 0.472. The Hall–Kier alpha value is -2.41. The molecular formula is C11H12N4O3. The fourth-order valence-electron chi connectivity index (χ4n) is 1.44. The van der Waals surface area contributed by atoms with Crippen molar-refractivity contribution >= 4 is 11.7 Å². The van der Waals surface area contributed by atoms with Gasteiger partial charge in [-0.25, -0.2) is 14.5 Å². The zero-order chi connectivity index (χ0) is 13.0. The largest absolute Gasteiger partial charge is 0.480 e. The number of aliphatic carboxylic acids is 1. The molecule has 1 unspecified atom stereocenters. The molecule has 0 saturated heterocycles. The van der Waals surface area contributed by atoms with Crippen molar-refractivity contribution in [3.05, 3.63) is 36.9 Å². The number of hydrogen-bond acceptors (Lipinski definition) is 5. The third-order valence-corrected chi connectivity index (χ3v) is 2.37. The van der Waals surface area contributed by atoms with Crippen LogP contribution in [0.15, 0.2) is 36.9 Å². The van der Waals surface area contributed by atoms with Gasteiger partial charge in [-0.1, -0.05) is 0 Å². The van der Waals surface area contributed by atoms with E-state index in [1.54, 1.807) is 35.3 Å². The van der Waals surface area contributed by atoms with Crippen LogP contribution in [0.2, 0.25) is 0 Å². The number of carboxylic acid groups (broad SMARTS) is 1. The molecule has 0 aliphatic heterocycles. The topological polar surface area (TPSA) is 100 Å². The van der Waals surface area contributed by atoms with Gasteiger partial charge in [-0.2, -0.15) is 5.10 Å². The summed E-state index contributed by atoms with van der Waals surface area (Å²) in [5.74, 6) is -1.10. The van der Waals surface area contributed by atoms with Gasteiger partial charge in [0.2, 0.25) is 0 Å². The normalized spacial score (nSPS) is 12.1. The number of anilines is 1. The fraction of sp³-hybridized carbons (Fsp3) is 0.182. The number of nitrogens with zero attached hydrogens (tertiary/aromatic N) is 3. The molecule has 0 radical (unpaired) electrons. The number of nitrogens with one attached hydrogen (secondary N) is 1. The van der Waals surface area contributed by atoms with Crippen LogP contribution < -0.4 is 5.32 Å². The van der Waals surface area contributed by atoms with E-state index in [0.717, 1.165) is 5.69 Å². The number of carbonyl (C=O) groups is 1. The third-order valence-electron chi connectivity index (χ3n) is 2.37. The first-order chi connectivity index (χ1) is 8.70. The average molecular weight is 248 g/mol. The molecule has 1 aromatic carbocycles. The molecule has 0 fully saturated rings. The van der Waals surface area contributed by atoms with Crippen molar-refractivity contribution in [3.63, 3.8) is 0 Å². The Morgan fingerprint density at radius 1 is 1.39 bits per heavy atom. The molecule has 0 amide bonds. The first-order valence-electron chi connectivity index (χ1n) is 5.26. The summed E-state index contributed by atoms with van der Waals surface area (Å²) in [5, 5.41) is 24.4. The predicted octanol–water partition coefficient (Wildman–Crippen LogP) is 0.125. The Balaban J connectivity index is 2.10. The lowest BCUT2D eigenvalue weighted by Crippen LogP contribution is -2.32. The van der Waals surface area contributed by atoms with E-state index in [1.807, 2.05) is 0 Å². The van der Waals surface area contributed by atoms with E-state index in [9.17, 15) is 4.79 Å². The Kier molecular flexibility index (Phi) is 3.54. The van der Waals surface area contributed by atoms with Gasteiger partial charge in [-0.05, 0) is 24.3 Å². The first-order valence-corrected chi connectivity index (χ1v) is 5.26.